The third-order valence-corrected chi connectivity index (χ3v) is 5.45. The Bertz CT molecular complexity index is 919. The zero-order chi connectivity index (χ0) is 23.8. The van der Waals surface area contributed by atoms with Crippen LogP contribution in [0.4, 0.5) is 18.3 Å². The number of halogens is 3. The number of aromatic nitrogens is 1. The van der Waals surface area contributed by atoms with Crippen LogP contribution in [0.15, 0.2) is 18.2 Å². The first kappa shape index (κ1) is 25.7. The molecule has 0 fully saturated rings. The average Bonchev–Trinajstić information content (AvgIpc) is 3.12. The van der Waals surface area contributed by atoms with Crippen LogP contribution in [-0.2, 0) is 14.3 Å². The van der Waals surface area contributed by atoms with Crippen LogP contribution in [0.3, 0.4) is 0 Å². The number of amides is 1. The van der Waals surface area contributed by atoms with Gasteiger partial charge in [0.2, 0.25) is 5.91 Å². The average molecular weight is 476 g/mol. The number of nitrogens with zero attached hydrogens (tertiary/aromatic N) is 1. The van der Waals surface area contributed by atoms with E-state index in [0.717, 1.165) is 24.2 Å². The lowest BCUT2D eigenvalue weighted by Crippen LogP contribution is -2.69. The monoisotopic (exact) mass is 475 g/mol. The number of rotatable bonds is 12. The number of carbonyl (C=O) groups excluding carboxylic acids is 2. The van der Waals surface area contributed by atoms with Crippen molar-refractivity contribution in [2.24, 2.45) is 0 Å². The number of thiazole rings is 1. The van der Waals surface area contributed by atoms with Crippen LogP contribution >= 0.6 is 11.3 Å². The van der Waals surface area contributed by atoms with Gasteiger partial charge in [0.1, 0.15) is 5.75 Å². The van der Waals surface area contributed by atoms with E-state index in [2.05, 4.69) is 15.0 Å². The highest BCUT2D eigenvalue weighted by Gasteiger charge is 2.64. The van der Waals surface area contributed by atoms with Crippen molar-refractivity contribution in [3.63, 3.8) is 0 Å². The highest BCUT2D eigenvalue weighted by molar-refractivity contribution is 7.22. The Morgan fingerprint density at radius 2 is 1.84 bits per heavy atom. The molecule has 0 unspecified atom stereocenters. The number of alkyl halides is 3. The summed E-state index contributed by atoms with van der Waals surface area (Å²) in [5.41, 5.74) is -3.03. The largest absolute Gasteiger partial charge is 0.494 e. The number of nitrogens with one attached hydrogen (secondary N) is 2. The molecule has 0 radical (unpaired) electrons. The van der Waals surface area contributed by atoms with E-state index in [1.165, 1.54) is 6.92 Å². The first-order valence-electron chi connectivity index (χ1n) is 10.5. The molecule has 7 nitrogen and oxygen atoms in total. The lowest BCUT2D eigenvalue weighted by atomic mass is 10.1. The topological polar surface area (TPSA) is 89.5 Å². The second-order valence-corrected chi connectivity index (χ2v) is 8.13. The summed E-state index contributed by atoms with van der Waals surface area (Å²) in [6.07, 6.45) is -2.52. The van der Waals surface area contributed by atoms with Crippen LogP contribution in [0, 0.1) is 0 Å². The van der Waals surface area contributed by atoms with Gasteiger partial charge in [0.25, 0.3) is 0 Å². The number of hydrogen-bond donors (Lipinski definition) is 2. The number of esters is 1. The number of hydrogen-bond acceptors (Lipinski definition) is 7. The van der Waals surface area contributed by atoms with Crippen molar-refractivity contribution in [1.82, 2.24) is 10.3 Å². The molecule has 1 aromatic carbocycles. The Morgan fingerprint density at radius 1 is 1.12 bits per heavy atom. The van der Waals surface area contributed by atoms with Gasteiger partial charge < -0.3 is 20.1 Å². The summed E-state index contributed by atoms with van der Waals surface area (Å²) < 4.78 is 53.4. The van der Waals surface area contributed by atoms with Crippen molar-refractivity contribution in [3.8, 4) is 5.75 Å². The molecule has 178 valence electrons. The summed E-state index contributed by atoms with van der Waals surface area (Å²) in [6, 6.07) is 4.97. The summed E-state index contributed by atoms with van der Waals surface area (Å²) >= 11 is 0.913. The van der Waals surface area contributed by atoms with Gasteiger partial charge in [-0.05, 0) is 38.0 Å². The number of benzene rings is 1. The second-order valence-electron chi connectivity index (χ2n) is 7.10. The van der Waals surface area contributed by atoms with Gasteiger partial charge in [0, 0.05) is 6.42 Å². The van der Waals surface area contributed by atoms with E-state index in [1.54, 1.807) is 25.1 Å². The van der Waals surface area contributed by atoms with Crippen molar-refractivity contribution in [1.29, 1.82) is 0 Å². The molecule has 2 N–H and O–H groups in total. The number of carbonyl (C=O) groups is 2. The normalized spacial score (nSPS) is 13.4. The molecule has 2 aromatic rings. The Labute approximate surface area is 188 Å². The third kappa shape index (κ3) is 6.24. The molecule has 0 aliphatic carbocycles. The fourth-order valence-electron chi connectivity index (χ4n) is 2.78. The molecular weight excluding hydrogens is 447 g/mol. The van der Waals surface area contributed by atoms with Gasteiger partial charge in [-0.1, -0.05) is 38.0 Å². The Balaban J connectivity index is 2.39. The molecule has 0 saturated heterocycles. The number of unbranched alkanes of at least 4 members (excludes halogenated alkanes) is 2. The van der Waals surface area contributed by atoms with E-state index in [9.17, 15) is 22.8 Å². The molecule has 32 heavy (non-hydrogen) atoms. The van der Waals surface area contributed by atoms with Gasteiger partial charge in [-0.2, -0.15) is 13.2 Å². The smallest absolute Gasteiger partial charge is 0.442 e. The van der Waals surface area contributed by atoms with Crippen LogP contribution in [0.1, 0.15) is 52.9 Å². The van der Waals surface area contributed by atoms with Crippen LogP contribution < -0.4 is 15.4 Å². The number of ether oxygens (including phenoxy) is 2. The van der Waals surface area contributed by atoms with Gasteiger partial charge in [-0.15, -0.1) is 0 Å². The third-order valence-electron chi connectivity index (χ3n) is 4.51. The summed E-state index contributed by atoms with van der Waals surface area (Å²) in [5.74, 6) is -2.00. The van der Waals surface area contributed by atoms with E-state index >= 15 is 0 Å². The van der Waals surface area contributed by atoms with Gasteiger partial charge in [-0.3, -0.25) is 4.79 Å². The van der Waals surface area contributed by atoms with E-state index in [0.29, 0.717) is 35.4 Å². The number of fused-ring (bicyclic) bond motifs is 1. The summed E-state index contributed by atoms with van der Waals surface area (Å²) in [5, 5.41) is 3.75. The predicted molar refractivity (Wildman–Crippen MR) is 117 cm³/mol. The van der Waals surface area contributed by atoms with Crippen LogP contribution in [0.2, 0.25) is 0 Å². The van der Waals surface area contributed by atoms with Gasteiger partial charge in [0.05, 0.1) is 23.4 Å². The molecule has 0 bridgehead atoms. The highest BCUT2D eigenvalue weighted by atomic mass is 32.1. The maximum atomic E-state index is 14.2. The first-order chi connectivity index (χ1) is 15.2. The minimum atomic E-state index is -5.19. The maximum Gasteiger partial charge on any atom is 0.442 e. The fourth-order valence-corrected chi connectivity index (χ4v) is 3.73. The lowest BCUT2D eigenvalue weighted by molar-refractivity contribution is -0.207. The molecule has 1 aromatic heterocycles. The van der Waals surface area contributed by atoms with Gasteiger partial charge in [0.15, 0.2) is 5.13 Å². The zero-order valence-corrected chi connectivity index (χ0v) is 19.1. The molecule has 1 amide bonds. The van der Waals surface area contributed by atoms with E-state index in [-0.39, 0.29) is 18.2 Å². The fraction of sp³-hybridized carbons (Fsp3) is 0.571. The predicted octanol–water partition coefficient (Wildman–Crippen LogP) is 5.02. The molecule has 1 atom stereocenters. The molecule has 1 heterocycles. The molecule has 0 aliphatic heterocycles. The van der Waals surface area contributed by atoms with Gasteiger partial charge in [-0.25, -0.2) is 9.78 Å². The highest BCUT2D eigenvalue weighted by Crippen LogP contribution is 2.36. The Morgan fingerprint density at radius 3 is 2.47 bits per heavy atom. The van der Waals surface area contributed by atoms with Crippen LogP contribution in [-0.4, -0.2) is 41.9 Å². The molecular formula is C21H28F3N3O4S. The molecule has 0 spiro atoms. The van der Waals surface area contributed by atoms with Crippen LogP contribution in [0.5, 0.6) is 5.75 Å². The molecule has 0 aliphatic rings. The molecule has 0 saturated carbocycles. The van der Waals surface area contributed by atoms with E-state index in [1.807, 2.05) is 12.2 Å². The quantitative estimate of drug-likeness (QED) is 0.255. The van der Waals surface area contributed by atoms with Gasteiger partial charge >= 0.3 is 17.8 Å². The summed E-state index contributed by atoms with van der Waals surface area (Å²) in [4.78, 5) is 28.8. The minimum Gasteiger partial charge on any atom is -0.494 e. The van der Waals surface area contributed by atoms with E-state index in [4.69, 9.17) is 4.74 Å². The molecule has 2 rings (SSSR count). The van der Waals surface area contributed by atoms with Crippen molar-refractivity contribution >= 4 is 38.6 Å². The second kappa shape index (κ2) is 11.3. The Kier molecular flexibility index (Phi) is 9.11. The zero-order valence-electron chi connectivity index (χ0n) is 18.3. The maximum absolute atomic E-state index is 14.2. The van der Waals surface area contributed by atoms with Crippen molar-refractivity contribution in [2.45, 2.75) is 64.7 Å². The van der Waals surface area contributed by atoms with Crippen molar-refractivity contribution < 1.29 is 32.2 Å². The summed E-state index contributed by atoms with van der Waals surface area (Å²) in [6.45, 7) is 5.45. The Hall–Kier alpha value is -2.56. The summed E-state index contributed by atoms with van der Waals surface area (Å²) in [7, 11) is 0. The minimum absolute atomic E-state index is 0.159. The first-order valence-corrected chi connectivity index (χ1v) is 11.3. The SMILES string of the molecule is CCCCOc1ccc2nc(N[C@@](NC(=O)CCCC)(C(=O)OCC)C(F)(F)F)sc2c1. The van der Waals surface area contributed by atoms with Crippen molar-refractivity contribution in [3.05, 3.63) is 18.2 Å². The molecule has 11 heteroatoms. The van der Waals surface area contributed by atoms with Crippen molar-refractivity contribution in [2.75, 3.05) is 18.5 Å². The lowest BCUT2D eigenvalue weighted by Gasteiger charge is -2.34. The standard InChI is InChI=1S/C21H28F3N3O4S/c1-4-7-9-17(28)26-20(21(22,23)24,18(29)30-6-3)27-19-25-15-11-10-14(13-16(15)32-19)31-12-8-5-2/h10-11,13H,4-9,12H2,1-3H3,(H,25,27)(H,26,28)/t20-/m0/s1. The van der Waals surface area contributed by atoms with E-state index < -0.39 is 23.7 Å². The van der Waals surface area contributed by atoms with Crippen LogP contribution in [0.25, 0.3) is 10.2 Å². The number of anilines is 1.